The summed E-state index contributed by atoms with van der Waals surface area (Å²) in [5.41, 5.74) is 1.74. The van der Waals surface area contributed by atoms with Crippen LogP contribution in [0.2, 0.25) is 0 Å². The molecule has 3 rings (SSSR count). The Morgan fingerprint density at radius 2 is 2.17 bits per heavy atom. The number of hydrogen-bond acceptors (Lipinski definition) is 6. The number of ether oxygens (including phenoxy) is 1. The molecule has 1 fully saturated rings. The first-order valence-electron chi connectivity index (χ1n) is 7.84. The molecular weight excluding hydrogens is 310 g/mol. The molecule has 24 heavy (non-hydrogen) atoms. The van der Waals surface area contributed by atoms with Gasteiger partial charge in [0, 0.05) is 25.6 Å². The first-order valence-corrected chi connectivity index (χ1v) is 7.84. The van der Waals surface area contributed by atoms with Crippen LogP contribution >= 0.6 is 0 Å². The fourth-order valence-electron chi connectivity index (χ4n) is 2.74. The summed E-state index contributed by atoms with van der Waals surface area (Å²) >= 11 is 0. The Bertz CT molecular complexity index is 713. The Kier molecular flexibility index (Phi) is 4.77. The number of methoxy groups -OCH3 is 1. The van der Waals surface area contributed by atoms with Gasteiger partial charge in [-0.3, -0.25) is 4.79 Å². The molecule has 1 aromatic carbocycles. The molecule has 128 valence electrons. The fourth-order valence-corrected chi connectivity index (χ4v) is 2.74. The van der Waals surface area contributed by atoms with Crippen LogP contribution in [0.4, 0.5) is 0 Å². The molecule has 8 heteroatoms. The van der Waals surface area contributed by atoms with E-state index < -0.39 is 6.10 Å². The molecule has 1 amide bonds. The summed E-state index contributed by atoms with van der Waals surface area (Å²) in [6.07, 6.45) is -0.429. The van der Waals surface area contributed by atoms with E-state index >= 15 is 0 Å². The third-order valence-corrected chi connectivity index (χ3v) is 4.26. The zero-order chi connectivity index (χ0) is 17.1. The topological polar surface area (TPSA) is 101 Å². The number of nitrogens with one attached hydrogen (secondary N) is 2. The normalized spacial score (nSPS) is 20.1. The predicted molar refractivity (Wildman–Crippen MR) is 87.3 cm³/mol. The van der Waals surface area contributed by atoms with Gasteiger partial charge in [-0.2, -0.15) is 0 Å². The van der Waals surface area contributed by atoms with E-state index in [9.17, 15) is 9.90 Å². The molecule has 8 nitrogen and oxygen atoms in total. The van der Waals surface area contributed by atoms with Crippen LogP contribution in [-0.4, -0.2) is 58.9 Å². The van der Waals surface area contributed by atoms with E-state index in [1.54, 1.807) is 18.7 Å². The van der Waals surface area contributed by atoms with Crippen molar-refractivity contribution in [2.75, 3.05) is 26.7 Å². The number of carbonyl (C=O) groups excluding carboxylic acids is 1. The van der Waals surface area contributed by atoms with Crippen LogP contribution in [0, 0.1) is 12.8 Å². The van der Waals surface area contributed by atoms with Gasteiger partial charge < -0.3 is 20.5 Å². The predicted octanol–water partition coefficient (Wildman–Crippen LogP) is -0.106. The van der Waals surface area contributed by atoms with Crippen LogP contribution in [0.5, 0.6) is 5.75 Å². The van der Waals surface area contributed by atoms with E-state index in [4.69, 9.17) is 4.74 Å². The summed E-state index contributed by atoms with van der Waals surface area (Å²) in [7, 11) is 1.61. The summed E-state index contributed by atoms with van der Waals surface area (Å²) in [5, 5.41) is 23.7. The highest BCUT2D eigenvalue weighted by Crippen LogP contribution is 2.17. The third kappa shape index (κ3) is 3.24. The average Bonchev–Trinajstić information content (AvgIpc) is 3.18. The van der Waals surface area contributed by atoms with E-state index in [2.05, 4.69) is 20.9 Å². The largest absolute Gasteiger partial charge is 0.497 e. The van der Waals surface area contributed by atoms with Crippen molar-refractivity contribution >= 4 is 5.91 Å². The maximum absolute atomic E-state index is 12.3. The molecule has 2 aromatic rings. The Morgan fingerprint density at radius 1 is 1.42 bits per heavy atom. The Labute approximate surface area is 139 Å². The summed E-state index contributed by atoms with van der Waals surface area (Å²) in [6, 6.07) is 7.35. The van der Waals surface area contributed by atoms with Gasteiger partial charge in [-0.05, 0) is 31.2 Å². The molecule has 2 heterocycles. The standard InChI is InChI=1S/C16H21N5O3/c1-10-15(16(23)18-8-11-7-17-9-14(11)22)19-20-21(10)12-3-5-13(24-2)6-4-12/h3-6,11,14,17,22H,7-9H2,1-2H3,(H,18,23). The SMILES string of the molecule is COc1ccc(-n2nnc(C(=O)NCC3CNCC3O)c2C)cc1. The smallest absolute Gasteiger partial charge is 0.273 e. The maximum atomic E-state index is 12.3. The van der Waals surface area contributed by atoms with Crippen LogP contribution in [0.15, 0.2) is 24.3 Å². The lowest BCUT2D eigenvalue weighted by Gasteiger charge is -2.13. The molecule has 0 saturated carbocycles. The first-order chi connectivity index (χ1) is 11.6. The van der Waals surface area contributed by atoms with Gasteiger partial charge in [-0.1, -0.05) is 5.21 Å². The lowest BCUT2D eigenvalue weighted by Crippen LogP contribution is -2.34. The van der Waals surface area contributed by atoms with Gasteiger partial charge in [0.15, 0.2) is 5.69 Å². The van der Waals surface area contributed by atoms with E-state index in [-0.39, 0.29) is 17.5 Å². The van der Waals surface area contributed by atoms with Crippen molar-refractivity contribution in [2.45, 2.75) is 13.0 Å². The molecular formula is C16H21N5O3. The molecule has 0 bridgehead atoms. The van der Waals surface area contributed by atoms with Crippen molar-refractivity contribution in [3.05, 3.63) is 35.7 Å². The number of hydrogen-bond donors (Lipinski definition) is 3. The summed E-state index contributed by atoms with van der Waals surface area (Å²) in [6.45, 7) is 3.46. The molecule has 0 radical (unpaired) electrons. The second-order valence-corrected chi connectivity index (χ2v) is 5.83. The van der Waals surface area contributed by atoms with Crippen molar-refractivity contribution in [2.24, 2.45) is 5.92 Å². The summed E-state index contributed by atoms with van der Waals surface area (Å²) in [4.78, 5) is 12.3. The molecule has 3 N–H and O–H groups in total. The number of nitrogens with zero attached hydrogens (tertiary/aromatic N) is 3. The number of β-amino-alcohol motifs (C(OH)–C–C–N with tert-alkyl or cyclic N) is 1. The molecule has 2 atom stereocenters. The molecule has 0 aliphatic carbocycles. The van der Waals surface area contributed by atoms with Gasteiger partial charge in [0.2, 0.25) is 0 Å². The number of aromatic nitrogens is 3. The van der Waals surface area contributed by atoms with E-state index in [0.717, 1.165) is 11.4 Å². The van der Waals surface area contributed by atoms with Crippen LogP contribution in [0.25, 0.3) is 5.69 Å². The Morgan fingerprint density at radius 3 is 2.79 bits per heavy atom. The minimum Gasteiger partial charge on any atom is -0.497 e. The number of amides is 1. The molecule has 1 aliphatic rings. The first kappa shape index (κ1) is 16.4. The number of aliphatic hydroxyl groups excluding tert-OH is 1. The van der Waals surface area contributed by atoms with Crippen molar-refractivity contribution in [1.82, 2.24) is 25.6 Å². The van der Waals surface area contributed by atoms with Crippen molar-refractivity contribution < 1.29 is 14.6 Å². The number of benzene rings is 1. The van der Waals surface area contributed by atoms with Crippen LogP contribution in [-0.2, 0) is 0 Å². The molecule has 1 aromatic heterocycles. The van der Waals surface area contributed by atoms with Gasteiger partial charge in [0.1, 0.15) is 5.75 Å². The van der Waals surface area contributed by atoms with Crippen LogP contribution < -0.4 is 15.4 Å². The van der Waals surface area contributed by atoms with Crippen LogP contribution in [0.3, 0.4) is 0 Å². The highest BCUT2D eigenvalue weighted by Gasteiger charge is 2.26. The van der Waals surface area contributed by atoms with Gasteiger partial charge in [-0.25, -0.2) is 4.68 Å². The monoisotopic (exact) mass is 331 g/mol. The zero-order valence-electron chi connectivity index (χ0n) is 13.7. The number of carbonyl (C=O) groups is 1. The van der Waals surface area contributed by atoms with E-state index in [1.165, 1.54) is 0 Å². The highest BCUT2D eigenvalue weighted by molar-refractivity contribution is 5.93. The second kappa shape index (κ2) is 6.98. The van der Waals surface area contributed by atoms with E-state index in [0.29, 0.717) is 25.3 Å². The molecule has 1 saturated heterocycles. The summed E-state index contributed by atoms with van der Waals surface area (Å²) in [5.74, 6) is 0.482. The fraction of sp³-hybridized carbons (Fsp3) is 0.438. The molecule has 2 unspecified atom stereocenters. The van der Waals surface area contributed by atoms with Gasteiger partial charge in [-0.15, -0.1) is 5.10 Å². The minimum atomic E-state index is -0.429. The summed E-state index contributed by atoms with van der Waals surface area (Å²) < 4.78 is 6.74. The Balaban J connectivity index is 1.70. The highest BCUT2D eigenvalue weighted by atomic mass is 16.5. The quantitative estimate of drug-likeness (QED) is 0.707. The van der Waals surface area contributed by atoms with Gasteiger partial charge in [0.25, 0.3) is 5.91 Å². The lowest BCUT2D eigenvalue weighted by atomic mass is 10.1. The number of rotatable bonds is 5. The van der Waals surface area contributed by atoms with Crippen molar-refractivity contribution in [3.63, 3.8) is 0 Å². The van der Waals surface area contributed by atoms with Gasteiger partial charge in [0.05, 0.1) is 24.6 Å². The maximum Gasteiger partial charge on any atom is 0.273 e. The Hall–Kier alpha value is -2.45. The number of aliphatic hydroxyl groups is 1. The zero-order valence-corrected chi connectivity index (χ0v) is 13.7. The van der Waals surface area contributed by atoms with Crippen molar-refractivity contribution in [3.8, 4) is 11.4 Å². The molecule has 1 aliphatic heterocycles. The van der Waals surface area contributed by atoms with Crippen LogP contribution in [0.1, 0.15) is 16.2 Å². The van der Waals surface area contributed by atoms with Crippen molar-refractivity contribution in [1.29, 1.82) is 0 Å². The third-order valence-electron chi connectivity index (χ3n) is 4.26. The van der Waals surface area contributed by atoms with Gasteiger partial charge >= 0.3 is 0 Å². The van der Waals surface area contributed by atoms with E-state index in [1.807, 2.05) is 24.3 Å². The average molecular weight is 331 g/mol. The minimum absolute atomic E-state index is 0.0193. The molecule has 0 spiro atoms. The lowest BCUT2D eigenvalue weighted by molar-refractivity contribution is 0.0921. The second-order valence-electron chi connectivity index (χ2n) is 5.83.